The van der Waals surface area contributed by atoms with Crippen LogP contribution in [-0.4, -0.2) is 37.5 Å². The third-order valence-corrected chi connectivity index (χ3v) is 5.82. The first-order chi connectivity index (χ1) is 15.9. The second kappa shape index (κ2) is 11.4. The van der Waals surface area contributed by atoms with Crippen molar-refractivity contribution in [3.05, 3.63) is 48.0 Å². The van der Waals surface area contributed by atoms with Gasteiger partial charge in [0, 0.05) is 13.0 Å². The van der Waals surface area contributed by atoms with Gasteiger partial charge in [0.2, 0.25) is 5.91 Å². The number of benzene rings is 2. The van der Waals surface area contributed by atoms with Gasteiger partial charge in [0.15, 0.2) is 5.75 Å². The summed E-state index contributed by atoms with van der Waals surface area (Å²) in [6.07, 6.45) is 2.23. The summed E-state index contributed by atoms with van der Waals surface area (Å²) in [5, 5.41) is 8.96. The topological polar surface area (TPSA) is 106 Å². The van der Waals surface area contributed by atoms with Crippen LogP contribution < -0.4 is 20.7 Å². The minimum Gasteiger partial charge on any atom is -0.469 e. The van der Waals surface area contributed by atoms with E-state index in [1.54, 1.807) is 12.1 Å². The Kier molecular flexibility index (Phi) is 8.29. The molecule has 0 saturated carbocycles. The van der Waals surface area contributed by atoms with Crippen molar-refractivity contribution in [3.63, 3.8) is 0 Å². The molecule has 176 valence electrons. The van der Waals surface area contributed by atoms with Crippen LogP contribution in [0.1, 0.15) is 49.9 Å². The Hall–Kier alpha value is -3.55. The standard InChI is InChI=1S/C25H31N3O5/c1-4-16(5-2)15-26-21-14-20-18(13-22(21)33-17-9-7-6-8-10-17)24(30)27-19(25(31)28-20)11-12-23(29)32-3/h6-10,13-14,16,19,26H,4-5,11-12,15H2,1-3H3,(H,27,30)(H,28,31)/t19-/m1/s1. The van der Waals surface area contributed by atoms with Crippen LogP contribution in [-0.2, 0) is 14.3 Å². The molecular weight excluding hydrogens is 422 g/mol. The predicted molar refractivity (Wildman–Crippen MR) is 127 cm³/mol. The van der Waals surface area contributed by atoms with Gasteiger partial charge in [-0.2, -0.15) is 0 Å². The van der Waals surface area contributed by atoms with Crippen LogP contribution >= 0.6 is 0 Å². The van der Waals surface area contributed by atoms with Crippen LogP contribution in [0.5, 0.6) is 11.5 Å². The molecule has 1 atom stereocenters. The summed E-state index contributed by atoms with van der Waals surface area (Å²) in [6, 6.07) is 11.8. The lowest BCUT2D eigenvalue weighted by Gasteiger charge is -2.19. The number of methoxy groups -OCH3 is 1. The van der Waals surface area contributed by atoms with Crippen LogP contribution in [0.4, 0.5) is 11.4 Å². The molecule has 0 fully saturated rings. The molecule has 1 heterocycles. The second-order valence-electron chi connectivity index (χ2n) is 8.00. The van der Waals surface area contributed by atoms with Crippen molar-refractivity contribution in [1.82, 2.24) is 5.32 Å². The van der Waals surface area contributed by atoms with Gasteiger partial charge in [0.1, 0.15) is 11.8 Å². The van der Waals surface area contributed by atoms with Gasteiger partial charge in [-0.1, -0.05) is 44.9 Å². The number of para-hydroxylation sites is 1. The van der Waals surface area contributed by atoms with Crippen LogP contribution in [0.15, 0.2) is 42.5 Å². The van der Waals surface area contributed by atoms with Gasteiger partial charge >= 0.3 is 5.97 Å². The summed E-state index contributed by atoms with van der Waals surface area (Å²) < 4.78 is 10.7. The normalized spacial score (nSPS) is 15.2. The maximum atomic E-state index is 13.0. The molecule has 0 aliphatic carbocycles. The highest BCUT2D eigenvalue weighted by atomic mass is 16.5. The van der Waals surface area contributed by atoms with Gasteiger partial charge in [-0.25, -0.2) is 0 Å². The Bertz CT molecular complexity index is 989. The fraction of sp³-hybridized carbons (Fsp3) is 0.400. The van der Waals surface area contributed by atoms with Crippen LogP contribution in [0, 0.1) is 5.92 Å². The van der Waals surface area contributed by atoms with Crippen LogP contribution in [0.3, 0.4) is 0 Å². The van der Waals surface area contributed by atoms with E-state index in [1.807, 2.05) is 30.3 Å². The van der Waals surface area contributed by atoms with Crippen molar-refractivity contribution < 1.29 is 23.9 Å². The molecule has 1 aliphatic heterocycles. The molecule has 2 aromatic carbocycles. The molecule has 0 spiro atoms. The molecule has 1 aliphatic rings. The molecule has 0 unspecified atom stereocenters. The van der Waals surface area contributed by atoms with Gasteiger partial charge in [-0.15, -0.1) is 0 Å². The average Bonchev–Trinajstić information content (AvgIpc) is 2.94. The van der Waals surface area contributed by atoms with Crippen molar-refractivity contribution in [2.45, 2.75) is 45.6 Å². The molecule has 33 heavy (non-hydrogen) atoms. The summed E-state index contributed by atoms with van der Waals surface area (Å²) >= 11 is 0. The van der Waals surface area contributed by atoms with E-state index in [0.29, 0.717) is 34.4 Å². The van der Waals surface area contributed by atoms with E-state index in [0.717, 1.165) is 19.4 Å². The highest BCUT2D eigenvalue weighted by Crippen LogP contribution is 2.36. The third kappa shape index (κ3) is 6.25. The Balaban J connectivity index is 1.91. The first-order valence-electron chi connectivity index (χ1n) is 11.3. The average molecular weight is 454 g/mol. The van der Waals surface area contributed by atoms with E-state index in [2.05, 4.69) is 34.5 Å². The van der Waals surface area contributed by atoms with Gasteiger partial charge in [0.05, 0.1) is 24.0 Å². The van der Waals surface area contributed by atoms with E-state index in [9.17, 15) is 14.4 Å². The Morgan fingerprint density at radius 2 is 1.85 bits per heavy atom. The number of hydrogen-bond donors (Lipinski definition) is 3. The maximum absolute atomic E-state index is 13.0. The quantitative estimate of drug-likeness (QED) is 0.463. The Labute approximate surface area is 194 Å². The highest BCUT2D eigenvalue weighted by molar-refractivity contribution is 6.10. The molecular formula is C25H31N3O5. The van der Waals surface area contributed by atoms with Crippen molar-refractivity contribution in [2.75, 3.05) is 24.3 Å². The molecule has 8 heteroatoms. The zero-order chi connectivity index (χ0) is 23.8. The summed E-state index contributed by atoms with van der Waals surface area (Å²) in [4.78, 5) is 37.2. The van der Waals surface area contributed by atoms with Crippen LogP contribution in [0.25, 0.3) is 0 Å². The molecule has 0 radical (unpaired) electrons. The van der Waals surface area contributed by atoms with Crippen molar-refractivity contribution >= 4 is 29.2 Å². The second-order valence-corrected chi connectivity index (χ2v) is 8.00. The SMILES string of the molecule is CCC(CC)CNc1cc2c(cc1Oc1ccccc1)C(=O)N[C@H](CCC(=O)OC)C(=O)N2. The number of rotatable bonds is 10. The number of nitrogens with one attached hydrogen (secondary N) is 3. The third-order valence-electron chi connectivity index (χ3n) is 5.82. The summed E-state index contributed by atoms with van der Waals surface area (Å²) in [5.74, 6) is 0.371. The number of hydrogen-bond acceptors (Lipinski definition) is 6. The smallest absolute Gasteiger partial charge is 0.305 e. The van der Waals surface area contributed by atoms with Crippen molar-refractivity contribution in [1.29, 1.82) is 0 Å². The van der Waals surface area contributed by atoms with E-state index in [4.69, 9.17) is 4.74 Å². The molecule has 3 rings (SSSR count). The fourth-order valence-electron chi connectivity index (χ4n) is 3.63. The molecule has 0 aromatic heterocycles. The number of carbonyl (C=O) groups excluding carboxylic acids is 3. The number of esters is 1. The lowest BCUT2D eigenvalue weighted by molar-refractivity contribution is -0.140. The molecule has 3 N–H and O–H groups in total. The minimum absolute atomic E-state index is 0.0236. The first kappa shape index (κ1) is 24.1. The van der Waals surface area contributed by atoms with Gasteiger partial charge in [-0.3, -0.25) is 14.4 Å². The number of anilines is 2. The first-order valence-corrected chi connectivity index (χ1v) is 11.3. The Morgan fingerprint density at radius 1 is 1.12 bits per heavy atom. The lowest BCUT2D eigenvalue weighted by atomic mass is 10.0. The number of carbonyl (C=O) groups is 3. The van der Waals surface area contributed by atoms with Gasteiger partial charge in [-0.05, 0) is 36.6 Å². The summed E-state index contributed by atoms with van der Waals surface area (Å²) in [7, 11) is 1.29. The van der Waals surface area contributed by atoms with E-state index >= 15 is 0 Å². The molecule has 2 amide bonds. The largest absolute Gasteiger partial charge is 0.469 e. The van der Waals surface area contributed by atoms with Crippen LogP contribution in [0.2, 0.25) is 0 Å². The van der Waals surface area contributed by atoms with E-state index in [-0.39, 0.29) is 18.7 Å². The van der Waals surface area contributed by atoms with Crippen molar-refractivity contribution in [2.24, 2.45) is 5.92 Å². The monoisotopic (exact) mass is 453 g/mol. The lowest BCUT2D eigenvalue weighted by Crippen LogP contribution is -2.41. The zero-order valence-corrected chi connectivity index (χ0v) is 19.3. The number of amides is 2. The molecule has 0 saturated heterocycles. The number of fused-ring (bicyclic) bond motifs is 1. The fourth-order valence-corrected chi connectivity index (χ4v) is 3.63. The summed E-state index contributed by atoms with van der Waals surface area (Å²) in [5.41, 5.74) is 1.37. The molecule has 0 bridgehead atoms. The predicted octanol–water partition coefficient (Wildman–Crippen LogP) is 4.33. The highest BCUT2D eigenvalue weighted by Gasteiger charge is 2.29. The maximum Gasteiger partial charge on any atom is 0.305 e. The van der Waals surface area contributed by atoms with Crippen molar-refractivity contribution in [3.8, 4) is 11.5 Å². The van der Waals surface area contributed by atoms with Gasteiger partial charge in [0.25, 0.3) is 5.91 Å². The van der Waals surface area contributed by atoms with E-state index in [1.165, 1.54) is 7.11 Å². The molecule has 2 aromatic rings. The minimum atomic E-state index is -0.844. The zero-order valence-electron chi connectivity index (χ0n) is 19.3. The van der Waals surface area contributed by atoms with Gasteiger partial charge < -0.3 is 25.4 Å². The Morgan fingerprint density at radius 3 is 2.52 bits per heavy atom. The summed E-state index contributed by atoms with van der Waals surface area (Å²) in [6.45, 7) is 5.03. The van der Waals surface area contributed by atoms with E-state index < -0.39 is 17.9 Å². The number of ether oxygens (including phenoxy) is 2. The molecule has 8 nitrogen and oxygen atoms in total.